The molecule has 0 unspecified atom stereocenters. The summed E-state index contributed by atoms with van der Waals surface area (Å²) in [5, 5.41) is 11.7. The quantitative estimate of drug-likeness (QED) is 0.813. The van der Waals surface area contributed by atoms with E-state index in [1.54, 1.807) is 12.1 Å². The van der Waals surface area contributed by atoms with Crippen molar-refractivity contribution in [2.24, 2.45) is 5.73 Å². The maximum atomic E-state index is 13.6. The smallest absolute Gasteiger partial charge is 0.241 e. The van der Waals surface area contributed by atoms with Gasteiger partial charge in [0.15, 0.2) is 0 Å². The molecule has 0 saturated heterocycles. The lowest BCUT2D eigenvalue weighted by molar-refractivity contribution is -0.117. The standard InChI is InChI=1S/C15H14ClFN2O2/c16-11-2-1-3-12(17)14(11)19-15(21)13(18)8-9-4-6-10(20)7-5-9/h1-7,13,20H,8,18H2,(H,19,21)/t13-/m0/s1. The molecule has 1 amide bonds. The highest BCUT2D eigenvalue weighted by Gasteiger charge is 2.17. The topological polar surface area (TPSA) is 75.3 Å². The number of carbonyl (C=O) groups excluding carboxylic acids is 1. The van der Waals surface area contributed by atoms with Crippen molar-refractivity contribution in [1.82, 2.24) is 0 Å². The lowest BCUT2D eigenvalue weighted by Gasteiger charge is -2.13. The summed E-state index contributed by atoms with van der Waals surface area (Å²) < 4.78 is 13.6. The number of benzene rings is 2. The average molecular weight is 309 g/mol. The molecular weight excluding hydrogens is 295 g/mol. The third-order valence-electron chi connectivity index (χ3n) is 2.94. The molecule has 1 atom stereocenters. The minimum absolute atomic E-state index is 0.0784. The minimum atomic E-state index is -0.856. The zero-order chi connectivity index (χ0) is 15.4. The molecule has 0 radical (unpaired) electrons. The van der Waals surface area contributed by atoms with E-state index < -0.39 is 17.8 Å². The summed E-state index contributed by atoms with van der Waals surface area (Å²) in [5.41, 5.74) is 6.50. The van der Waals surface area contributed by atoms with Gasteiger partial charge >= 0.3 is 0 Å². The largest absolute Gasteiger partial charge is 0.508 e. The Labute approximate surface area is 126 Å². The van der Waals surface area contributed by atoms with Crippen molar-refractivity contribution in [2.75, 3.05) is 5.32 Å². The Bertz CT molecular complexity index is 626. The van der Waals surface area contributed by atoms with Gasteiger partial charge in [0, 0.05) is 0 Å². The van der Waals surface area contributed by atoms with E-state index in [4.69, 9.17) is 17.3 Å². The Kier molecular flexibility index (Phi) is 4.77. The molecule has 2 aromatic carbocycles. The number of hydrogen-bond donors (Lipinski definition) is 3. The Morgan fingerprint density at radius 3 is 2.57 bits per heavy atom. The van der Waals surface area contributed by atoms with Crippen LogP contribution in [0, 0.1) is 5.82 Å². The van der Waals surface area contributed by atoms with Gasteiger partial charge in [-0.25, -0.2) is 4.39 Å². The summed E-state index contributed by atoms with van der Waals surface area (Å²) >= 11 is 5.83. The van der Waals surface area contributed by atoms with Crippen LogP contribution in [0.15, 0.2) is 42.5 Å². The Morgan fingerprint density at radius 1 is 1.29 bits per heavy atom. The highest BCUT2D eigenvalue weighted by molar-refractivity contribution is 6.33. The number of rotatable bonds is 4. The second-order valence-electron chi connectivity index (χ2n) is 4.56. The Balaban J connectivity index is 2.04. The number of aromatic hydroxyl groups is 1. The van der Waals surface area contributed by atoms with Crippen molar-refractivity contribution in [2.45, 2.75) is 12.5 Å². The van der Waals surface area contributed by atoms with E-state index in [0.29, 0.717) is 0 Å². The minimum Gasteiger partial charge on any atom is -0.508 e. The first-order valence-corrected chi connectivity index (χ1v) is 6.63. The van der Waals surface area contributed by atoms with Gasteiger partial charge in [0.2, 0.25) is 5.91 Å². The first-order chi connectivity index (χ1) is 9.97. The van der Waals surface area contributed by atoms with Crippen LogP contribution < -0.4 is 11.1 Å². The van der Waals surface area contributed by atoms with Gasteiger partial charge in [0.1, 0.15) is 11.6 Å². The van der Waals surface area contributed by atoms with Crippen molar-refractivity contribution in [3.63, 3.8) is 0 Å². The van der Waals surface area contributed by atoms with Crippen LogP contribution in [-0.4, -0.2) is 17.1 Å². The van der Waals surface area contributed by atoms with Crippen LogP contribution in [0.25, 0.3) is 0 Å². The molecular formula is C15H14ClFN2O2. The molecule has 2 rings (SSSR count). The van der Waals surface area contributed by atoms with Crippen LogP contribution in [0.1, 0.15) is 5.56 Å². The van der Waals surface area contributed by atoms with Crippen molar-refractivity contribution in [3.05, 3.63) is 58.9 Å². The zero-order valence-electron chi connectivity index (χ0n) is 11.0. The summed E-state index contributed by atoms with van der Waals surface area (Å²) in [6.45, 7) is 0. The Hall–Kier alpha value is -2.11. The number of phenolic OH excluding ortho intramolecular Hbond substituents is 1. The first-order valence-electron chi connectivity index (χ1n) is 6.25. The zero-order valence-corrected chi connectivity index (χ0v) is 11.8. The number of nitrogens with one attached hydrogen (secondary N) is 1. The van der Waals surface area contributed by atoms with Crippen molar-refractivity contribution in [3.8, 4) is 5.75 Å². The van der Waals surface area contributed by atoms with Gasteiger partial charge in [0.25, 0.3) is 0 Å². The number of phenols is 1. The van der Waals surface area contributed by atoms with Crippen LogP contribution in [-0.2, 0) is 11.2 Å². The molecule has 0 spiro atoms. The monoisotopic (exact) mass is 308 g/mol. The number of hydrogen-bond acceptors (Lipinski definition) is 3. The maximum Gasteiger partial charge on any atom is 0.241 e. The van der Waals surface area contributed by atoms with Crippen LogP contribution in [0.5, 0.6) is 5.75 Å². The van der Waals surface area contributed by atoms with E-state index in [0.717, 1.165) is 5.56 Å². The van der Waals surface area contributed by atoms with Crippen LogP contribution in [0.3, 0.4) is 0 Å². The highest BCUT2D eigenvalue weighted by atomic mass is 35.5. The fraction of sp³-hybridized carbons (Fsp3) is 0.133. The third-order valence-corrected chi connectivity index (χ3v) is 3.25. The van der Waals surface area contributed by atoms with Crippen molar-refractivity contribution < 1.29 is 14.3 Å². The summed E-state index contributed by atoms with van der Waals surface area (Å²) in [6.07, 6.45) is 0.262. The second-order valence-corrected chi connectivity index (χ2v) is 4.97. The van der Waals surface area contributed by atoms with Gasteiger partial charge in [-0.15, -0.1) is 0 Å². The molecule has 0 aliphatic carbocycles. The second kappa shape index (κ2) is 6.56. The van der Waals surface area contributed by atoms with Gasteiger partial charge in [-0.2, -0.15) is 0 Å². The summed E-state index contributed by atoms with van der Waals surface area (Å²) in [5.74, 6) is -1.02. The fourth-order valence-corrected chi connectivity index (χ4v) is 2.02. The van der Waals surface area contributed by atoms with Gasteiger partial charge < -0.3 is 16.2 Å². The predicted octanol–water partition coefficient (Wildman–Crippen LogP) is 2.69. The highest BCUT2D eigenvalue weighted by Crippen LogP contribution is 2.24. The lowest BCUT2D eigenvalue weighted by atomic mass is 10.1. The lowest BCUT2D eigenvalue weighted by Crippen LogP contribution is -2.37. The molecule has 4 N–H and O–H groups in total. The Morgan fingerprint density at radius 2 is 1.95 bits per heavy atom. The van der Waals surface area contributed by atoms with Gasteiger partial charge in [-0.1, -0.05) is 29.8 Å². The van der Waals surface area contributed by atoms with Crippen LogP contribution in [0.4, 0.5) is 10.1 Å². The maximum absolute atomic E-state index is 13.6. The fourth-order valence-electron chi connectivity index (χ4n) is 1.81. The molecule has 21 heavy (non-hydrogen) atoms. The molecule has 0 aliphatic rings. The molecule has 0 saturated carbocycles. The molecule has 4 nitrogen and oxygen atoms in total. The van der Waals surface area contributed by atoms with E-state index in [1.807, 2.05) is 0 Å². The van der Waals surface area contributed by atoms with Gasteiger partial charge in [0.05, 0.1) is 16.8 Å². The van der Waals surface area contributed by atoms with Crippen LogP contribution in [0.2, 0.25) is 5.02 Å². The molecule has 0 aromatic heterocycles. The van der Waals surface area contributed by atoms with E-state index in [2.05, 4.69) is 5.32 Å². The molecule has 0 heterocycles. The predicted molar refractivity (Wildman–Crippen MR) is 79.8 cm³/mol. The molecule has 2 aromatic rings. The number of halogens is 2. The number of anilines is 1. The van der Waals surface area contributed by atoms with E-state index in [-0.39, 0.29) is 22.9 Å². The van der Waals surface area contributed by atoms with Crippen molar-refractivity contribution in [1.29, 1.82) is 0 Å². The van der Waals surface area contributed by atoms with E-state index in [1.165, 1.54) is 30.3 Å². The third kappa shape index (κ3) is 3.93. The SMILES string of the molecule is N[C@@H](Cc1ccc(O)cc1)C(=O)Nc1c(F)cccc1Cl. The summed E-state index contributed by atoms with van der Waals surface area (Å²) in [4.78, 5) is 12.0. The molecule has 0 bridgehead atoms. The molecule has 6 heteroatoms. The van der Waals surface area contributed by atoms with E-state index in [9.17, 15) is 14.3 Å². The average Bonchev–Trinajstić information content (AvgIpc) is 2.45. The summed E-state index contributed by atoms with van der Waals surface area (Å²) in [6, 6.07) is 9.62. The van der Waals surface area contributed by atoms with Gasteiger partial charge in [-0.05, 0) is 36.2 Å². The first kappa shape index (κ1) is 15.3. The number of nitrogens with two attached hydrogens (primary N) is 1. The molecule has 0 fully saturated rings. The normalized spacial score (nSPS) is 12.0. The van der Waals surface area contributed by atoms with Gasteiger partial charge in [-0.3, -0.25) is 4.79 Å². The molecule has 0 aliphatic heterocycles. The number of carbonyl (C=O) groups is 1. The van der Waals surface area contributed by atoms with Crippen LogP contribution >= 0.6 is 11.6 Å². The number of para-hydroxylation sites is 1. The number of amides is 1. The summed E-state index contributed by atoms with van der Waals surface area (Å²) in [7, 11) is 0. The molecule has 110 valence electrons. The van der Waals surface area contributed by atoms with Crippen molar-refractivity contribution >= 4 is 23.2 Å². The van der Waals surface area contributed by atoms with E-state index >= 15 is 0 Å².